The van der Waals surface area contributed by atoms with Crippen molar-refractivity contribution in [1.29, 1.82) is 0 Å². The fraction of sp³-hybridized carbons (Fsp3) is 0.385. The van der Waals surface area contributed by atoms with Gasteiger partial charge in [-0.2, -0.15) is 5.10 Å². The highest BCUT2D eigenvalue weighted by Gasteiger charge is 2.48. The molecule has 0 saturated heterocycles. The number of rotatable bonds is 2. The summed E-state index contributed by atoms with van der Waals surface area (Å²) in [4.78, 5) is 4.57. The zero-order chi connectivity index (χ0) is 11.2. The van der Waals surface area contributed by atoms with E-state index in [0.717, 1.165) is 17.2 Å². The lowest BCUT2D eigenvalue weighted by molar-refractivity contribution is 0.609. The minimum absolute atomic E-state index is 0.396. The molecular formula is C13H15N3. The van der Waals surface area contributed by atoms with Gasteiger partial charge in [0.25, 0.3) is 0 Å². The Labute approximate surface area is 94.9 Å². The molecular weight excluding hydrogens is 198 g/mol. The van der Waals surface area contributed by atoms with Crippen molar-refractivity contribution in [3.63, 3.8) is 0 Å². The van der Waals surface area contributed by atoms with Gasteiger partial charge < -0.3 is 0 Å². The van der Waals surface area contributed by atoms with E-state index in [2.05, 4.69) is 29.0 Å². The van der Waals surface area contributed by atoms with Crippen LogP contribution in [0.25, 0.3) is 11.4 Å². The van der Waals surface area contributed by atoms with E-state index < -0.39 is 0 Å². The van der Waals surface area contributed by atoms with Crippen LogP contribution in [0.1, 0.15) is 32.0 Å². The molecule has 1 aromatic carbocycles. The van der Waals surface area contributed by atoms with E-state index in [4.69, 9.17) is 0 Å². The fourth-order valence-electron chi connectivity index (χ4n) is 2.08. The molecule has 1 saturated carbocycles. The van der Waals surface area contributed by atoms with Crippen molar-refractivity contribution in [2.75, 3.05) is 0 Å². The van der Waals surface area contributed by atoms with Crippen molar-refractivity contribution in [2.45, 2.75) is 26.2 Å². The summed E-state index contributed by atoms with van der Waals surface area (Å²) in [5.41, 5.74) is 1.47. The topological polar surface area (TPSA) is 41.6 Å². The second-order valence-electron chi connectivity index (χ2n) is 5.16. The third kappa shape index (κ3) is 1.52. The third-order valence-corrected chi connectivity index (χ3v) is 3.38. The summed E-state index contributed by atoms with van der Waals surface area (Å²) in [5, 5.41) is 7.34. The van der Waals surface area contributed by atoms with Crippen molar-refractivity contribution in [3.8, 4) is 11.4 Å². The first-order valence-corrected chi connectivity index (χ1v) is 5.64. The zero-order valence-corrected chi connectivity index (χ0v) is 9.57. The van der Waals surface area contributed by atoms with Gasteiger partial charge in [-0.05, 0) is 11.8 Å². The number of nitrogens with one attached hydrogen (secondary N) is 1. The summed E-state index contributed by atoms with van der Waals surface area (Å²) >= 11 is 0. The maximum Gasteiger partial charge on any atom is 0.181 e. The molecule has 1 N–H and O–H groups in total. The van der Waals surface area contributed by atoms with E-state index in [1.165, 1.54) is 6.42 Å². The largest absolute Gasteiger partial charge is 0.262 e. The molecule has 1 aromatic heterocycles. The number of hydrogen-bond donors (Lipinski definition) is 1. The van der Waals surface area contributed by atoms with Crippen LogP contribution < -0.4 is 0 Å². The second-order valence-corrected chi connectivity index (χ2v) is 5.16. The minimum atomic E-state index is 0.396. The standard InChI is InChI=1S/C13H15N3/c1-13(2)8-10(13)12-14-11(15-16-12)9-6-4-3-5-7-9/h3-7,10H,8H2,1-2H3,(H,14,15,16). The van der Waals surface area contributed by atoms with Crippen LogP contribution >= 0.6 is 0 Å². The average molecular weight is 213 g/mol. The summed E-state index contributed by atoms with van der Waals surface area (Å²) in [6.07, 6.45) is 1.20. The van der Waals surface area contributed by atoms with E-state index in [1.807, 2.05) is 30.3 Å². The SMILES string of the molecule is CC1(C)CC1c1nc(-c2ccccc2)n[nH]1. The van der Waals surface area contributed by atoms with Gasteiger partial charge in [-0.3, -0.25) is 5.10 Å². The van der Waals surface area contributed by atoms with Crippen molar-refractivity contribution in [2.24, 2.45) is 5.41 Å². The van der Waals surface area contributed by atoms with Gasteiger partial charge in [-0.1, -0.05) is 44.2 Å². The molecule has 3 nitrogen and oxygen atoms in total. The molecule has 16 heavy (non-hydrogen) atoms. The first kappa shape index (κ1) is 9.58. The first-order valence-electron chi connectivity index (χ1n) is 5.64. The van der Waals surface area contributed by atoms with Crippen LogP contribution in [0.5, 0.6) is 0 Å². The molecule has 2 aromatic rings. The first-order chi connectivity index (χ1) is 7.67. The van der Waals surface area contributed by atoms with Gasteiger partial charge in [-0.25, -0.2) is 4.98 Å². The molecule has 0 bridgehead atoms. The number of H-pyrrole nitrogens is 1. The predicted octanol–water partition coefficient (Wildman–Crippen LogP) is 2.99. The van der Waals surface area contributed by atoms with Gasteiger partial charge in [0.2, 0.25) is 0 Å². The lowest BCUT2D eigenvalue weighted by atomic mass is 10.1. The Bertz CT molecular complexity index is 499. The van der Waals surface area contributed by atoms with Gasteiger partial charge in [0.05, 0.1) is 0 Å². The van der Waals surface area contributed by atoms with Crippen LogP contribution in [0.15, 0.2) is 30.3 Å². The molecule has 0 aliphatic heterocycles. The molecule has 3 heteroatoms. The number of aromatic amines is 1. The van der Waals surface area contributed by atoms with E-state index in [9.17, 15) is 0 Å². The normalized spacial score (nSPS) is 22.0. The third-order valence-electron chi connectivity index (χ3n) is 3.38. The second kappa shape index (κ2) is 3.17. The highest BCUT2D eigenvalue weighted by atomic mass is 15.2. The summed E-state index contributed by atoms with van der Waals surface area (Å²) in [5.74, 6) is 2.39. The molecule has 3 rings (SSSR count). The molecule has 0 spiro atoms. The van der Waals surface area contributed by atoms with Crippen LogP contribution in [0.3, 0.4) is 0 Å². The molecule has 0 radical (unpaired) electrons. The summed E-state index contributed by atoms with van der Waals surface area (Å²) < 4.78 is 0. The maximum atomic E-state index is 4.57. The van der Waals surface area contributed by atoms with Crippen molar-refractivity contribution in [3.05, 3.63) is 36.2 Å². The Morgan fingerprint density at radius 2 is 1.94 bits per heavy atom. The predicted molar refractivity (Wildman–Crippen MR) is 63.0 cm³/mol. The van der Waals surface area contributed by atoms with Gasteiger partial charge >= 0.3 is 0 Å². The van der Waals surface area contributed by atoms with E-state index in [-0.39, 0.29) is 0 Å². The van der Waals surface area contributed by atoms with Crippen LogP contribution in [0.2, 0.25) is 0 Å². The molecule has 1 fully saturated rings. The monoisotopic (exact) mass is 213 g/mol. The molecule has 82 valence electrons. The van der Waals surface area contributed by atoms with Gasteiger partial charge in [0.15, 0.2) is 5.82 Å². The quantitative estimate of drug-likeness (QED) is 0.833. The Morgan fingerprint density at radius 3 is 2.56 bits per heavy atom. The Balaban J connectivity index is 1.89. The molecule has 1 heterocycles. The number of aromatic nitrogens is 3. The number of nitrogens with zero attached hydrogens (tertiary/aromatic N) is 2. The van der Waals surface area contributed by atoms with Crippen molar-refractivity contribution >= 4 is 0 Å². The highest BCUT2D eigenvalue weighted by Crippen LogP contribution is 2.57. The molecule has 1 atom stereocenters. The Kier molecular flexibility index (Phi) is 1.90. The van der Waals surface area contributed by atoms with Crippen molar-refractivity contribution in [1.82, 2.24) is 15.2 Å². The Morgan fingerprint density at radius 1 is 1.25 bits per heavy atom. The van der Waals surface area contributed by atoms with Crippen LogP contribution in [-0.4, -0.2) is 15.2 Å². The smallest absolute Gasteiger partial charge is 0.181 e. The van der Waals surface area contributed by atoms with E-state index in [0.29, 0.717) is 11.3 Å². The van der Waals surface area contributed by atoms with Crippen LogP contribution in [0.4, 0.5) is 0 Å². The maximum absolute atomic E-state index is 4.57. The number of hydrogen-bond acceptors (Lipinski definition) is 2. The fourth-order valence-corrected chi connectivity index (χ4v) is 2.08. The average Bonchev–Trinajstić information content (AvgIpc) is 2.76. The van der Waals surface area contributed by atoms with Gasteiger partial charge in [-0.15, -0.1) is 0 Å². The van der Waals surface area contributed by atoms with E-state index >= 15 is 0 Å². The highest BCUT2D eigenvalue weighted by molar-refractivity contribution is 5.54. The summed E-state index contributed by atoms with van der Waals surface area (Å²) in [7, 11) is 0. The lowest BCUT2D eigenvalue weighted by Crippen LogP contribution is -1.91. The molecule has 0 amide bonds. The summed E-state index contributed by atoms with van der Waals surface area (Å²) in [6, 6.07) is 10.1. The summed E-state index contributed by atoms with van der Waals surface area (Å²) in [6.45, 7) is 4.53. The minimum Gasteiger partial charge on any atom is -0.262 e. The number of benzene rings is 1. The van der Waals surface area contributed by atoms with Crippen molar-refractivity contribution < 1.29 is 0 Å². The lowest BCUT2D eigenvalue weighted by Gasteiger charge is -1.97. The van der Waals surface area contributed by atoms with Gasteiger partial charge in [0.1, 0.15) is 5.82 Å². The van der Waals surface area contributed by atoms with E-state index in [1.54, 1.807) is 0 Å². The Hall–Kier alpha value is -1.64. The molecule has 1 aliphatic rings. The molecule has 1 aliphatic carbocycles. The van der Waals surface area contributed by atoms with Crippen LogP contribution in [0, 0.1) is 5.41 Å². The zero-order valence-electron chi connectivity index (χ0n) is 9.57. The van der Waals surface area contributed by atoms with Crippen LogP contribution in [-0.2, 0) is 0 Å². The van der Waals surface area contributed by atoms with Gasteiger partial charge in [0, 0.05) is 11.5 Å². The molecule has 1 unspecified atom stereocenters.